The molecule has 0 spiro atoms. The number of hydrogen-bond donors (Lipinski definition) is 2. The first-order valence-corrected chi connectivity index (χ1v) is 9.69. The SMILES string of the molecule is C=CC[C@@H](COC(=O)Nc1ccc(Cl)cn1)N(NCc1cccc(F)c1Cl)C(C)=O. The van der Waals surface area contributed by atoms with Crippen molar-refractivity contribution in [1.82, 2.24) is 15.4 Å². The first-order chi connectivity index (χ1) is 14.3. The second kappa shape index (κ2) is 11.5. The van der Waals surface area contributed by atoms with E-state index in [1.807, 2.05) is 0 Å². The summed E-state index contributed by atoms with van der Waals surface area (Å²) in [6.07, 6.45) is 2.59. The highest BCUT2D eigenvalue weighted by atomic mass is 35.5. The van der Waals surface area contributed by atoms with Crippen molar-refractivity contribution in [2.24, 2.45) is 0 Å². The molecule has 0 radical (unpaired) electrons. The lowest BCUT2D eigenvalue weighted by Crippen LogP contribution is -2.50. The Bertz CT molecular complexity index is 896. The lowest BCUT2D eigenvalue weighted by Gasteiger charge is -2.30. The first kappa shape index (κ1) is 23.6. The van der Waals surface area contributed by atoms with Gasteiger partial charge in [-0.15, -0.1) is 6.58 Å². The Morgan fingerprint density at radius 3 is 2.73 bits per heavy atom. The molecule has 0 fully saturated rings. The maximum atomic E-state index is 13.6. The number of carbonyl (C=O) groups excluding carboxylic acids is 2. The second-order valence-corrected chi connectivity index (χ2v) is 7.01. The molecule has 0 aliphatic rings. The Balaban J connectivity index is 2.00. The van der Waals surface area contributed by atoms with Crippen LogP contribution in [0, 0.1) is 5.82 Å². The minimum absolute atomic E-state index is 0.0279. The van der Waals surface area contributed by atoms with Crippen LogP contribution in [-0.4, -0.2) is 34.6 Å². The fourth-order valence-electron chi connectivity index (χ4n) is 2.56. The monoisotopic (exact) mass is 454 g/mol. The van der Waals surface area contributed by atoms with Gasteiger partial charge in [0.25, 0.3) is 0 Å². The number of nitrogens with zero attached hydrogens (tertiary/aromatic N) is 2. The highest BCUT2D eigenvalue weighted by Gasteiger charge is 2.22. The van der Waals surface area contributed by atoms with Gasteiger partial charge in [0.1, 0.15) is 18.2 Å². The van der Waals surface area contributed by atoms with Crippen molar-refractivity contribution in [2.75, 3.05) is 11.9 Å². The summed E-state index contributed by atoms with van der Waals surface area (Å²) >= 11 is 11.7. The third-order valence-electron chi connectivity index (χ3n) is 3.98. The molecule has 0 saturated carbocycles. The molecule has 2 aromatic rings. The van der Waals surface area contributed by atoms with E-state index in [4.69, 9.17) is 27.9 Å². The molecule has 0 saturated heterocycles. The van der Waals surface area contributed by atoms with Crippen LogP contribution < -0.4 is 10.7 Å². The molecule has 0 aliphatic carbocycles. The van der Waals surface area contributed by atoms with Gasteiger partial charge in [-0.2, -0.15) is 0 Å². The van der Waals surface area contributed by atoms with Gasteiger partial charge >= 0.3 is 6.09 Å². The van der Waals surface area contributed by atoms with Gasteiger partial charge in [-0.1, -0.05) is 41.4 Å². The van der Waals surface area contributed by atoms with Crippen LogP contribution in [0.4, 0.5) is 15.0 Å². The average molecular weight is 455 g/mol. The summed E-state index contributed by atoms with van der Waals surface area (Å²) < 4.78 is 18.8. The predicted molar refractivity (Wildman–Crippen MR) is 114 cm³/mol. The number of halogens is 3. The van der Waals surface area contributed by atoms with Gasteiger partial charge < -0.3 is 4.74 Å². The Hall–Kier alpha value is -2.68. The van der Waals surface area contributed by atoms with E-state index in [-0.39, 0.29) is 29.9 Å². The number of hydrogen-bond acceptors (Lipinski definition) is 5. The summed E-state index contributed by atoms with van der Waals surface area (Å²) in [5, 5.41) is 4.17. The molecule has 2 N–H and O–H groups in total. The molecular formula is C20H21Cl2FN4O3. The molecule has 1 aromatic heterocycles. The molecular weight excluding hydrogens is 434 g/mol. The zero-order valence-corrected chi connectivity index (χ0v) is 17.7. The van der Waals surface area contributed by atoms with Gasteiger partial charge in [-0.05, 0) is 30.2 Å². The van der Waals surface area contributed by atoms with Gasteiger partial charge in [0, 0.05) is 19.7 Å². The summed E-state index contributed by atoms with van der Waals surface area (Å²) in [6, 6.07) is 6.96. The van der Waals surface area contributed by atoms with Crippen molar-refractivity contribution in [2.45, 2.75) is 25.9 Å². The lowest BCUT2D eigenvalue weighted by molar-refractivity contribution is -0.136. The van der Waals surface area contributed by atoms with E-state index in [1.165, 1.54) is 36.3 Å². The third kappa shape index (κ3) is 6.98. The molecule has 160 valence electrons. The Kier molecular flexibility index (Phi) is 9.04. The number of ether oxygens (including phenoxy) is 1. The van der Waals surface area contributed by atoms with Crippen molar-refractivity contribution in [3.05, 3.63) is 70.6 Å². The molecule has 0 bridgehead atoms. The van der Waals surface area contributed by atoms with Gasteiger partial charge in [-0.25, -0.2) is 19.6 Å². The van der Waals surface area contributed by atoms with Gasteiger partial charge in [-0.3, -0.25) is 15.1 Å². The van der Waals surface area contributed by atoms with Crippen molar-refractivity contribution >= 4 is 41.0 Å². The largest absolute Gasteiger partial charge is 0.447 e. The summed E-state index contributed by atoms with van der Waals surface area (Å²) in [5.74, 6) is -0.603. The topological polar surface area (TPSA) is 83.6 Å². The van der Waals surface area contributed by atoms with Gasteiger partial charge in [0.05, 0.1) is 16.1 Å². The molecule has 2 amide bonds. The minimum atomic E-state index is -0.740. The predicted octanol–water partition coefficient (Wildman–Crippen LogP) is 4.57. The highest BCUT2D eigenvalue weighted by molar-refractivity contribution is 6.31. The van der Waals surface area contributed by atoms with Crippen LogP contribution in [0.5, 0.6) is 0 Å². The smallest absolute Gasteiger partial charge is 0.412 e. The molecule has 1 heterocycles. The van der Waals surface area contributed by atoms with Crippen molar-refractivity contribution in [3.63, 3.8) is 0 Å². The molecule has 1 atom stereocenters. The van der Waals surface area contributed by atoms with Crippen molar-refractivity contribution < 1.29 is 18.7 Å². The Labute approximate surface area is 183 Å². The normalized spacial score (nSPS) is 11.5. The summed E-state index contributed by atoms with van der Waals surface area (Å²) in [6.45, 7) is 5.02. The van der Waals surface area contributed by atoms with E-state index in [2.05, 4.69) is 22.3 Å². The summed E-state index contributed by atoms with van der Waals surface area (Å²) in [5.41, 5.74) is 3.39. The molecule has 1 aromatic carbocycles. The van der Waals surface area contributed by atoms with Crippen LogP contribution in [0.25, 0.3) is 0 Å². The zero-order chi connectivity index (χ0) is 22.1. The fourth-order valence-corrected chi connectivity index (χ4v) is 2.86. The first-order valence-electron chi connectivity index (χ1n) is 8.94. The molecule has 2 rings (SSSR count). The maximum absolute atomic E-state index is 13.6. The van der Waals surface area contributed by atoms with Gasteiger partial charge in [0.2, 0.25) is 5.91 Å². The van der Waals surface area contributed by atoms with E-state index in [0.29, 0.717) is 17.0 Å². The van der Waals surface area contributed by atoms with Crippen molar-refractivity contribution in [3.8, 4) is 0 Å². The number of anilines is 1. The number of rotatable bonds is 9. The lowest BCUT2D eigenvalue weighted by atomic mass is 10.2. The number of nitrogens with one attached hydrogen (secondary N) is 2. The number of pyridine rings is 1. The number of benzene rings is 1. The quantitative estimate of drug-likeness (QED) is 0.428. The number of hydrazine groups is 1. The van der Waals surface area contributed by atoms with E-state index < -0.39 is 18.0 Å². The van der Waals surface area contributed by atoms with Crippen LogP contribution in [0.3, 0.4) is 0 Å². The Morgan fingerprint density at radius 2 is 2.10 bits per heavy atom. The summed E-state index contributed by atoms with van der Waals surface area (Å²) in [4.78, 5) is 28.1. The van der Waals surface area contributed by atoms with Crippen molar-refractivity contribution in [1.29, 1.82) is 0 Å². The average Bonchev–Trinajstić information content (AvgIpc) is 2.70. The van der Waals surface area contributed by atoms with Crippen LogP contribution in [0.2, 0.25) is 10.0 Å². The van der Waals surface area contributed by atoms with Gasteiger partial charge in [0.15, 0.2) is 0 Å². The number of carbonyl (C=O) groups is 2. The summed E-state index contributed by atoms with van der Waals surface area (Å²) in [7, 11) is 0. The van der Waals surface area contributed by atoms with Crippen LogP contribution in [-0.2, 0) is 16.1 Å². The van der Waals surface area contributed by atoms with Crippen LogP contribution in [0.1, 0.15) is 18.9 Å². The molecule has 0 unspecified atom stereocenters. The van der Waals surface area contributed by atoms with E-state index >= 15 is 0 Å². The maximum Gasteiger partial charge on any atom is 0.412 e. The zero-order valence-electron chi connectivity index (χ0n) is 16.2. The van der Waals surface area contributed by atoms with E-state index in [9.17, 15) is 14.0 Å². The minimum Gasteiger partial charge on any atom is -0.447 e. The van der Waals surface area contributed by atoms with Crippen LogP contribution >= 0.6 is 23.2 Å². The molecule has 7 nitrogen and oxygen atoms in total. The molecule has 10 heteroatoms. The third-order valence-corrected chi connectivity index (χ3v) is 4.63. The second-order valence-electron chi connectivity index (χ2n) is 6.20. The standard InChI is InChI=1S/C20H21Cl2FN4O3/c1-3-5-16(12-30-20(29)26-18-9-8-15(21)11-24-18)27(13(2)28)25-10-14-6-4-7-17(23)19(14)22/h3-4,6-9,11,16,25H,1,5,10,12H2,2H3,(H,24,26,29)/t16-/m0/s1. The van der Waals surface area contributed by atoms with E-state index in [1.54, 1.807) is 18.2 Å². The molecule has 0 aliphatic heterocycles. The van der Waals surface area contributed by atoms with Crippen LogP contribution in [0.15, 0.2) is 49.2 Å². The number of amides is 2. The fraction of sp³-hybridized carbons (Fsp3) is 0.250. The molecule has 30 heavy (non-hydrogen) atoms. The van der Waals surface area contributed by atoms with E-state index in [0.717, 1.165) is 0 Å². The highest BCUT2D eigenvalue weighted by Crippen LogP contribution is 2.20. The Morgan fingerprint density at radius 1 is 1.33 bits per heavy atom. The number of aromatic nitrogens is 1.